The Morgan fingerprint density at radius 1 is 1.00 bits per heavy atom. The molecular weight excluding hydrogens is 647 g/mol. The lowest BCUT2D eigenvalue weighted by molar-refractivity contribution is 0.0792. The number of carbonyl (C=O) groups excluding carboxylic acids is 2. The van der Waals surface area contributed by atoms with E-state index in [9.17, 15) is 9.59 Å². The number of para-hydroxylation sites is 1. The van der Waals surface area contributed by atoms with Crippen LogP contribution in [0, 0.1) is 25.6 Å². The largest absolute Gasteiger partial charge is 0.490 e. The molecule has 0 aliphatic carbocycles. The summed E-state index contributed by atoms with van der Waals surface area (Å²) in [5.74, 6) is -0.417. The fraction of sp³-hybridized carbons (Fsp3) is 0.351. The Labute approximate surface area is 290 Å². The molecule has 1 aromatic heterocycles. The normalized spacial score (nSPS) is 16.3. The van der Waals surface area contributed by atoms with Crippen molar-refractivity contribution in [1.29, 1.82) is 0 Å². The molecule has 6 rings (SSSR count). The minimum Gasteiger partial charge on any atom is -0.490 e. The van der Waals surface area contributed by atoms with Crippen molar-refractivity contribution in [2.45, 2.75) is 39.5 Å². The van der Waals surface area contributed by atoms with E-state index in [0.29, 0.717) is 42.6 Å². The smallest absolute Gasteiger partial charge is 0.262 e. The lowest BCUT2D eigenvalue weighted by Crippen LogP contribution is -2.34. The first-order valence-corrected chi connectivity index (χ1v) is 16.9. The van der Waals surface area contributed by atoms with Crippen molar-refractivity contribution in [2.24, 2.45) is 5.92 Å². The van der Waals surface area contributed by atoms with Gasteiger partial charge in [-0.25, -0.2) is 9.37 Å². The molecule has 2 N–H and O–H groups in total. The van der Waals surface area contributed by atoms with Crippen molar-refractivity contribution in [1.82, 2.24) is 19.8 Å². The number of piperidine rings is 1. The molecule has 2 amide bonds. The summed E-state index contributed by atoms with van der Waals surface area (Å²) in [5.41, 5.74) is 3.30. The molecule has 0 saturated carbocycles. The number of aromatic nitrogens is 2. The highest BCUT2D eigenvalue weighted by atomic mass is 35.5. The number of benzene rings is 3. The molecule has 256 valence electrons. The van der Waals surface area contributed by atoms with Crippen LogP contribution in [0.5, 0.6) is 17.4 Å². The first-order chi connectivity index (χ1) is 23.6. The highest BCUT2D eigenvalue weighted by Crippen LogP contribution is 2.33. The molecule has 3 aromatic carbocycles. The molecule has 1 atom stereocenters. The number of carbonyl (C=O) groups is 2. The first kappa shape index (κ1) is 34.1. The molecule has 2 aliphatic heterocycles. The number of aryl methyl sites for hydroxylation is 2. The third-order valence-corrected chi connectivity index (χ3v) is 9.18. The van der Waals surface area contributed by atoms with Gasteiger partial charge in [-0.2, -0.15) is 4.98 Å². The quantitative estimate of drug-likeness (QED) is 0.175. The number of anilines is 3. The first-order valence-electron chi connectivity index (χ1n) is 16.5. The Morgan fingerprint density at radius 2 is 1.76 bits per heavy atom. The maximum absolute atomic E-state index is 15.1. The van der Waals surface area contributed by atoms with E-state index in [1.807, 2.05) is 32.0 Å². The molecule has 0 spiro atoms. The number of nitrogens with zero attached hydrogens (tertiary/aromatic N) is 4. The highest BCUT2D eigenvalue weighted by Gasteiger charge is 2.23. The van der Waals surface area contributed by atoms with Crippen molar-refractivity contribution < 1.29 is 23.5 Å². The molecule has 10 nitrogen and oxygen atoms in total. The number of likely N-dealkylation sites (tertiary alicyclic amines) is 2. The van der Waals surface area contributed by atoms with Crippen molar-refractivity contribution in [2.75, 3.05) is 50.5 Å². The third kappa shape index (κ3) is 8.29. The van der Waals surface area contributed by atoms with E-state index in [1.165, 1.54) is 12.3 Å². The zero-order valence-electron chi connectivity index (χ0n) is 27.9. The monoisotopic (exact) mass is 686 g/mol. The van der Waals surface area contributed by atoms with Crippen LogP contribution >= 0.6 is 11.6 Å². The van der Waals surface area contributed by atoms with Gasteiger partial charge in [0.2, 0.25) is 11.8 Å². The van der Waals surface area contributed by atoms with Gasteiger partial charge in [0.15, 0.2) is 11.6 Å². The van der Waals surface area contributed by atoms with Crippen LogP contribution < -0.4 is 20.1 Å². The zero-order chi connectivity index (χ0) is 34.5. The summed E-state index contributed by atoms with van der Waals surface area (Å²) in [5, 5.41) is 6.11. The summed E-state index contributed by atoms with van der Waals surface area (Å²) in [7, 11) is 2.08. The fourth-order valence-electron chi connectivity index (χ4n) is 6.22. The number of rotatable bonds is 10. The van der Waals surface area contributed by atoms with E-state index in [1.54, 1.807) is 35.2 Å². The molecular formula is C37H40ClFN6O4. The molecule has 1 unspecified atom stereocenters. The SMILES string of the molecule is Cc1cccc(C)c1NC(=O)c1cnc(Nc2ccc(OCC3CCCN(C)C3)c(F)c2)nc1Oc1ccc(C(=O)N2CCCC2)cc1Cl. The van der Waals surface area contributed by atoms with E-state index in [0.717, 1.165) is 49.9 Å². The standard InChI is InChI=1S/C37H40ClFN6O4/c1-23-8-6-9-24(2)33(23)42-34(46)28-20-40-37(41-27-12-14-32(30(39)19-27)48-22-25-10-7-15-44(3)21-25)43-35(28)49-31-13-11-26(18-29(31)38)36(47)45-16-4-5-17-45/h6,8-9,11-14,18-20,25H,4-5,7,10,15-17,21-22H2,1-3H3,(H,42,46)(H,40,41,43). The number of nitrogens with one attached hydrogen (secondary N) is 2. The van der Waals surface area contributed by atoms with Gasteiger partial charge in [0, 0.05) is 54.8 Å². The van der Waals surface area contributed by atoms with Gasteiger partial charge in [-0.15, -0.1) is 0 Å². The number of ether oxygens (including phenoxy) is 2. The zero-order valence-corrected chi connectivity index (χ0v) is 28.6. The number of hydrogen-bond acceptors (Lipinski definition) is 8. The van der Waals surface area contributed by atoms with Crippen molar-refractivity contribution in [3.05, 3.63) is 93.9 Å². The van der Waals surface area contributed by atoms with Crippen LogP contribution in [0.1, 0.15) is 57.5 Å². The molecule has 49 heavy (non-hydrogen) atoms. The van der Waals surface area contributed by atoms with Gasteiger partial charge in [0.1, 0.15) is 11.3 Å². The average Bonchev–Trinajstić information content (AvgIpc) is 3.62. The number of amides is 2. The van der Waals surface area contributed by atoms with E-state index in [-0.39, 0.29) is 39.8 Å². The van der Waals surface area contributed by atoms with Crippen LogP contribution in [0.15, 0.2) is 60.8 Å². The number of hydrogen-bond donors (Lipinski definition) is 2. The minimum absolute atomic E-state index is 0.0461. The van der Waals surface area contributed by atoms with Gasteiger partial charge in [0.25, 0.3) is 11.8 Å². The second-order valence-electron chi connectivity index (χ2n) is 12.7. The van der Waals surface area contributed by atoms with Gasteiger partial charge >= 0.3 is 0 Å². The van der Waals surface area contributed by atoms with E-state index in [4.69, 9.17) is 21.1 Å². The van der Waals surface area contributed by atoms with Crippen molar-refractivity contribution in [3.8, 4) is 17.4 Å². The van der Waals surface area contributed by atoms with Crippen molar-refractivity contribution in [3.63, 3.8) is 0 Å². The molecule has 0 bridgehead atoms. The Morgan fingerprint density at radius 3 is 2.47 bits per heavy atom. The minimum atomic E-state index is -0.523. The summed E-state index contributed by atoms with van der Waals surface area (Å²) in [6, 6.07) is 15.0. The number of halogens is 2. The van der Waals surface area contributed by atoms with Gasteiger partial charge < -0.3 is 29.9 Å². The summed E-state index contributed by atoms with van der Waals surface area (Å²) in [6.45, 7) is 7.66. The third-order valence-electron chi connectivity index (χ3n) is 8.88. The lowest BCUT2D eigenvalue weighted by atomic mass is 10.00. The lowest BCUT2D eigenvalue weighted by Gasteiger charge is -2.29. The molecule has 3 heterocycles. The van der Waals surface area contributed by atoms with Crippen LogP contribution in [0.25, 0.3) is 0 Å². The molecule has 4 aromatic rings. The highest BCUT2D eigenvalue weighted by molar-refractivity contribution is 6.32. The topological polar surface area (TPSA) is 109 Å². The average molecular weight is 687 g/mol. The predicted octanol–water partition coefficient (Wildman–Crippen LogP) is 7.63. The maximum atomic E-state index is 15.1. The molecule has 2 aliphatic rings. The Balaban J connectivity index is 1.23. The Kier molecular flexibility index (Phi) is 10.6. The van der Waals surface area contributed by atoms with Crippen molar-refractivity contribution >= 4 is 40.7 Å². The van der Waals surface area contributed by atoms with Gasteiger partial charge in [-0.3, -0.25) is 9.59 Å². The second kappa shape index (κ2) is 15.2. The molecule has 2 saturated heterocycles. The molecule has 0 radical (unpaired) electrons. The van der Waals surface area contributed by atoms with E-state index < -0.39 is 11.7 Å². The van der Waals surface area contributed by atoms with Gasteiger partial charge in [-0.05, 0) is 94.6 Å². The second-order valence-corrected chi connectivity index (χ2v) is 13.1. The summed E-state index contributed by atoms with van der Waals surface area (Å²) in [6.07, 6.45) is 5.44. The molecule has 2 fully saturated rings. The predicted molar refractivity (Wildman–Crippen MR) is 188 cm³/mol. The summed E-state index contributed by atoms with van der Waals surface area (Å²) >= 11 is 6.61. The summed E-state index contributed by atoms with van der Waals surface area (Å²) < 4.78 is 27.0. The van der Waals surface area contributed by atoms with Crippen LogP contribution in [-0.2, 0) is 0 Å². The fourth-order valence-corrected chi connectivity index (χ4v) is 6.44. The van der Waals surface area contributed by atoms with Crippen LogP contribution in [0.2, 0.25) is 5.02 Å². The Bertz CT molecular complexity index is 1830. The maximum Gasteiger partial charge on any atom is 0.262 e. The Hall–Kier alpha value is -4.74. The molecule has 12 heteroatoms. The summed E-state index contributed by atoms with van der Waals surface area (Å²) in [4.78, 5) is 39.4. The van der Waals surface area contributed by atoms with Gasteiger partial charge in [0.05, 0.1) is 11.6 Å². The van der Waals surface area contributed by atoms with Crippen LogP contribution in [0.3, 0.4) is 0 Å². The van der Waals surface area contributed by atoms with E-state index >= 15 is 4.39 Å². The van der Waals surface area contributed by atoms with Gasteiger partial charge in [-0.1, -0.05) is 29.8 Å². The van der Waals surface area contributed by atoms with E-state index in [2.05, 4.69) is 32.5 Å². The van der Waals surface area contributed by atoms with Crippen LogP contribution in [-0.4, -0.2) is 71.4 Å². The van der Waals surface area contributed by atoms with Crippen LogP contribution in [0.4, 0.5) is 21.7 Å².